The first-order valence-corrected chi connectivity index (χ1v) is 13.3. The number of amides is 1. The van der Waals surface area contributed by atoms with Gasteiger partial charge in [-0.2, -0.15) is 0 Å². The van der Waals surface area contributed by atoms with Gasteiger partial charge < -0.3 is 14.7 Å². The van der Waals surface area contributed by atoms with E-state index in [4.69, 9.17) is 4.74 Å². The second-order valence-corrected chi connectivity index (χ2v) is 10.00. The summed E-state index contributed by atoms with van der Waals surface area (Å²) in [6.07, 6.45) is 1.73. The number of nitrogens with zero attached hydrogens (tertiary/aromatic N) is 2. The molecule has 3 aromatic rings. The van der Waals surface area contributed by atoms with Crippen LogP contribution in [-0.2, 0) is 16.0 Å². The van der Waals surface area contributed by atoms with E-state index in [2.05, 4.69) is 18.7 Å². The molecule has 1 N–H and O–H groups in total. The Labute approximate surface area is 224 Å². The van der Waals surface area contributed by atoms with Crippen molar-refractivity contribution in [3.63, 3.8) is 0 Å². The van der Waals surface area contributed by atoms with Gasteiger partial charge in [0.15, 0.2) is 0 Å². The van der Waals surface area contributed by atoms with E-state index in [1.54, 1.807) is 11.0 Å². The predicted octanol–water partition coefficient (Wildman–Crippen LogP) is 6.10. The van der Waals surface area contributed by atoms with Gasteiger partial charge in [-0.25, -0.2) is 0 Å². The number of aliphatic hydroxyl groups excluding tert-OH is 1. The van der Waals surface area contributed by atoms with Crippen molar-refractivity contribution in [2.24, 2.45) is 0 Å². The fourth-order valence-corrected chi connectivity index (χ4v) is 5.49. The van der Waals surface area contributed by atoms with E-state index < -0.39 is 17.7 Å². The average Bonchev–Trinajstić information content (AvgIpc) is 3.20. The Hall–Kier alpha value is -4.06. The summed E-state index contributed by atoms with van der Waals surface area (Å²) in [5.41, 5.74) is 5.97. The number of ketones is 1. The number of aryl methyl sites for hydroxylation is 3. The van der Waals surface area contributed by atoms with Crippen molar-refractivity contribution in [3.05, 3.63) is 94.1 Å². The summed E-state index contributed by atoms with van der Waals surface area (Å²) >= 11 is 0. The SMILES string of the molecule is CCN(CC)c1ccc(C2/C(=C(/O)c3ccc4c(c3)CCCO4)C(=O)C(=O)N2c2cc(C)ccc2C)cc1. The first-order valence-electron chi connectivity index (χ1n) is 13.3. The molecule has 0 saturated carbocycles. The molecule has 6 nitrogen and oxygen atoms in total. The Morgan fingerprint density at radius 3 is 2.45 bits per heavy atom. The van der Waals surface area contributed by atoms with Crippen LogP contribution in [0, 0.1) is 13.8 Å². The Morgan fingerprint density at radius 1 is 1.00 bits per heavy atom. The van der Waals surface area contributed by atoms with Crippen LogP contribution in [0.5, 0.6) is 5.75 Å². The van der Waals surface area contributed by atoms with Gasteiger partial charge in [0.25, 0.3) is 11.7 Å². The number of aliphatic hydroxyl groups is 1. The molecule has 1 fully saturated rings. The Morgan fingerprint density at radius 2 is 1.74 bits per heavy atom. The molecular weight excluding hydrogens is 476 g/mol. The zero-order valence-electron chi connectivity index (χ0n) is 22.5. The normalized spacial score (nSPS) is 18.3. The van der Waals surface area contributed by atoms with Crippen LogP contribution in [0.15, 0.2) is 66.2 Å². The highest BCUT2D eigenvalue weighted by Gasteiger charge is 2.47. The number of fused-ring (bicyclic) bond motifs is 1. The molecule has 0 aromatic heterocycles. The van der Waals surface area contributed by atoms with Crippen molar-refractivity contribution in [1.29, 1.82) is 0 Å². The van der Waals surface area contributed by atoms with E-state index in [1.807, 2.05) is 68.4 Å². The van der Waals surface area contributed by atoms with Gasteiger partial charge in [-0.05, 0) is 99.2 Å². The van der Waals surface area contributed by atoms with Crippen molar-refractivity contribution in [2.75, 3.05) is 29.5 Å². The van der Waals surface area contributed by atoms with Crippen molar-refractivity contribution >= 4 is 28.8 Å². The molecule has 1 atom stereocenters. The first kappa shape index (κ1) is 25.6. The van der Waals surface area contributed by atoms with Crippen molar-refractivity contribution in [3.8, 4) is 5.75 Å². The molecule has 3 aromatic carbocycles. The zero-order valence-corrected chi connectivity index (χ0v) is 22.5. The van der Waals surface area contributed by atoms with Gasteiger partial charge in [-0.1, -0.05) is 24.3 Å². The number of Topliss-reactive ketones (excluding diaryl/α,β-unsaturated/α-hetero) is 1. The molecule has 1 unspecified atom stereocenters. The number of hydrogen-bond donors (Lipinski definition) is 1. The third-order valence-corrected chi connectivity index (χ3v) is 7.59. The zero-order chi connectivity index (χ0) is 27.0. The number of rotatable bonds is 6. The highest BCUT2D eigenvalue weighted by Crippen LogP contribution is 2.44. The summed E-state index contributed by atoms with van der Waals surface area (Å²) in [6, 6.07) is 18.5. The molecule has 2 heterocycles. The summed E-state index contributed by atoms with van der Waals surface area (Å²) in [5, 5.41) is 11.6. The molecule has 0 bridgehead atoms. The lowest BCUT2D eigenvalue weighted by Gasteiger charge is -2.28. The lowest BCUT2D eigenvalue weighted by molar-refractivity contribution is -0.132. The summed E-state index contributed by atoms with van der Waals surface area (Å²) in [4.78, 5) is 31.0. The Bertz CT molecular complexity index is 1420. The highest BCUT2D eigenvalue weighted by molar-refractivity contribution is 6.51. The number of anilines is 2. The maximum atomic E-state index is 13.6. The van der Waals surface area contributed by atoms with E-state index in [1.165, 1.54) is 0 Å². The number of benzene rings is 3. The van der Waals surface area contributed by atoms with E-state index >= 15 is 0 Å². The van der Waals surface area contributed by atoms with Crippen LogP contribution in [0.3, 0.4) is 0 Å². The lowest BCUT2D eigenvalue weighted by atomic mass is 9.93. The molecular formula is C32H34N2O4. The molecule has 38 heavy (non-hydrogen) atoms. The molecule has 6 heteroatoms. The Balaban J connectivity index is 1.68. The van der Waals surface area contributed by atoms with Gasteiger partial charge in [-0.3, -0.25) is 14.5 Å². The van der Waals surface area contributed by atoms with Gasteiger partial charge in [0.05, 0.1) is 18.2 Å². The second-order valence-electron chi connectivity index (χ2n) is 10.00. The summed E-state index contributed by atoms with van der Waals surface area (Å²) in [6.45, 7) is 10.5. The molecule has 0 aliphatic carbocycles. The summed E-state index contributed by atoms with van der Waals surface area (Å²) < 4.78 is 5.73. The monoisotopic (exact) mass is 510 g/mol. The standard InChI is InChI=1S/C32H34N2O4/c1-5-33(6-2)25-14-11-22(12-15-25)29-28(30(35)24-13-16-27-23(19-24)8-7-17-38-27)31(36)32(37)34(29)26-18-20(3)9-10-21(26)4/h9-16,18-19,29,35H,5-8,17H2,1-4H3/b30-28-. The molecule has 1 saturated heterocycles. The predicted molar refractivity (Wildman–Crippen MR) is 151 cm³/mol. The molecule has 0 radical (unpaired) electrons. The fraction of sp³-hybridized carbons (Fsp3) is 0.312. The molecule has 5 rings (SSSR count). The molecule has 196 valence electrons. The van der Waals surface area contributed by atoms with Crippen LogP contribution in [0.1, 0.15) is 54.1 Å². The molecule has 2 aliphatic rings. The number of carbonyl (C=O) groups is 2. The summed E-state index contributed by atoms with van der Waals surface area (Å²) in [7, 11) is 0. The molecule has 1 amide bonds. The van der Waals surface area contributed by atoms with E-state index in [0.29, 0.717) is 17.9 Å². The van der Waals surface area contributed by atoms with E-state index in [9.17, 15) is 14.7 Å². The van der Waals surface area contributed by atoms with Crippen LogP contribution in [0.2, 0.25) is 0 Å². The quantitative estimate of drug-likeness (QED) is 0.246. The van der Waals surface area contributed by atoms with Crippen LogP contribution in [0.4, 0.5) is 11.4 Å². The third-order valence-electron chi connectivity index (χ3n) is 7.59. The van der Waals surface area contributed by atoms with E-state index in [-0.39, 0.29) is 11.3 Å². The van der Waals surface area contributed by atoms with Crippen LogP contribution in [-0.4, -0.2) is 36.5 Å². The average molecular weight is 511 g/mol. The topological polar surface area (TPSA) is 70.1 Å². The molecule has 2 aliphatic heterocycles. The maximum Gasteiger partial charge on any atom is 0.300 e. The van der Waals surface area contributed by atoms with Crippen molar-refractivity contribution < 1.29 is 19.4 Å². The largest absolute Gasteiger partial charge is 0.507 e. The van der Waals surface area contributed by atoms with Crippen LogP contribution in [0.25, 0.3) is 5.76 Å². The Kier molecular flexibility index (Phi) is 6.98. The second kappa shape index (κ2) is 10.4. The lowest BCUT2D eigenvalue weighted by Crippen LogP contribution is -2.30. The highest BCUT2D eigenvalue weighted by atomic mass is 16.5. The van der Waals surface area contributed by atoms with Crippen LogP contribution >= 0.6 is 0 Å². The third kappa shape index (κ3) is 4.44. The smallest absolute Gasteiger partial charge is 0.300 e. The minimum atomic E-state index is -0.756. The van der Waals surface area contributed by atoms with Crippen LogP contribution < -0.4 is 14.5 Å². The van der Waals surface area contributed by atoms with Crippen molar-refractivity contribution in [1.82, 2.24) is 0 Å². The first-order chi connectivity index (χ1) is 18.3. The van der Waals surface area contributed by atoms with Gasteiger partial charge in [0.1, 0.15) is 11.5 Å². The minimum absolute atomic E-state index is 0.100. The number of hydrogen-bond acceptors (Lipinski definition) is 5. The van der Waals surface area contributed by atoms with E-state index in [0.717, 1.165) is 59.6 Å². The summed E-state index contributed by atoms with van der Waals surface area (Å²) in [5.74, 6) is -0.691. The van der Waals surface area contributed by atoms with Gasteiger partial charge in [0.2, 0.25) is 0 Å². The number of ether oxygens (including phenoxy) is 1. The minimum Gasteiger partial charge on any atom is -0.507 e. The van der Waals surface area contributed by atoms with Crippen molar-refractivity contribution in [2.45, 2.75) is 46.6 Å². The van der Waals surface area contributed by atoms with Gasteiger partial charge in [0, 0.05) is 30.0 Å². The molecule has 0 spiro atoms. The fourth-order valence-electron chi connectivity index (χ4n) is 5.49. The maximum absolute atomic E-state index is 13.6. The van der Waals surface area contributed by atoms with Gasteiger partial charge in [-0.15, -0.1) is 0 Å². The number of carbonyl (C=O) groups excluding carboxylic acids is 2. The van der Waals surface area contributed by atoms with Gasteiger partial charge >= 0.3 is 0 Å².